The molecule has 1 heterocycles. The zero-order valence-corrected chi connectivity index (χ0v) is 18.0. The maximum absolute atomic E-state index is 12.4. The Bertz CT molecular complexity index is 1250. The van der Waals surface area contributed by atoms with Crippen molar-refractivity contribution in [1.29, 1.82) is 0 Å². The van der Waals surface area contributed by atoms with Gasteiger partial charge in [-0.2, -0.15) is 5.10 Å². The molecule has 1 unspecified atom stereocenters. The van der Waals surface area contributed by atoms with E-state index in [1.54, 1.807) is 43.3 Å². The quantitative estimate of drug-likeness (QED) is 0.188. The van der Waals surface area contributed by atoms with E-state index in [0.29, 0.717) is 16.4 Å². The monoisotopic (exact) mass is 444 g/mol. The molecule has 160 valence electrons. The van der Waals surface area contributed by atoms with Crippen LogP contribution >= 0.6 is 11.3 Å². The van der Waals surface area contributed by atoms with E-state index in [0.717, 1.165) is 16.3 Å². The second-order valence-corrected chi connectivity index (χ2v) is 7.86. The fourth-order valence-electron chi connectivity index (χ4n) is 2.98. The molecule has 7 heteroatoms. The minimum absolute atomic E-state index is 0.365. The van der Waals surface area contributed by atoms with Crippen LogP contribution in [0.4, 0.5) is 0 Å². The molecule has 6 nitrogen and oxygen atoms in total. The van der Waals surface area contributed by atoms with Crippen LogP contribution in [-0.2, 0) is 4.79 Å². The standard InChI is InChI=1S/C25H20N2O4S/c1-17(30-22-9-4-7-19-6-2-3-8-21(19)22)24(28)27-26-16-18-11-13-20(14-12-18)31-25(29)23-10-5-15-32-23/h2-17H,1H3,(H,27,28). The van der Waals surface area contributed by atoms with E-state index >= 15 is 0 Å². The molecule has 3 aromatic carbocycles. The van der Waals surface area contributed by atoms with Crippen molar-refractivity contribution in [2.75, 3.05) is 0 Å². The van der Waals surface area contributed by atoms with Crippen LogP contribution in [0.25, 0.3) is 10.8 Å². The van der Waals surface area contributed by atoms with E-state index in [4.69, 9.17) is 9.47 Å². The number of amides is 1. The van der Waals surface area contributed by atoms with E-state index in [2.05, 4.69) is 10.5 Å². The smallest absolute Gasteiger partial charge is 0.353 e. The molecule has 0 saturated carbocycles. The van der Waals surface area contributed by atoms with Gasteiger partial charge < -0.3 is 9.47 Å². The van der Waals surface area contributed by atoms with Crippen molar-refractivity contribution >= 4 is 40.2 Å². The summed E-state index contributed by atoms with van der Waals surface area (Å²) in [7, 11) is 0. The van der Waals surface area contributed by atoms with Gasteiger partial charge in [-0.3, -0.25) is 4.79 Å². The fourth-order valence-corrected chi connectivity index (χ4v) is 3.58. The molecule has 0 radical (unpaired) electrons. The molecule has 1 aromatic heterocycles. The first kappa shape index (κ1) is 21.3. The molecule has 4 aromatic rings. The van der Waals surface area contributed by atoms with Crippen LogP contribution in [0.5, 0.6) is 11.5 Å². The molecule has 1 N–H and O–H groups in total. The molecule has 0 bridgehead atoms. The molecular formula is C25H20N2O4S. The number of esters is 1. The number of hydrogen-bond acceptors (Lipinski definition) is 6. The summed E-state index contributed by atoms with van der Waals surface area (Å²) in [5, 5.41) is 7.79. The number of carbonyl (C=O) groups excluding carboxylic acids is 2. The highest BCUT2D eigenvalue weighted by atomic mass is 32.1. The second-order valence-electron chi connectivity index (χ2n) is 6.91. The van der Waals surface area contributed by atoms with Gasteiger partial charge in [-0.15, -0.1) is 11.3 Å². The summed E-state index contributed by atoms with van der Waals surface area (Å²) >= 11 is 1.32. The zero-order chi connectivity index (χ0) is 22.3. The Morgan fingerprint density at radius 2 is 1.75 bits per heavy atom. The van der Waals surface area contributed by atoms with Crippen molar-refractivity contribution in [3.05, 3.63) is 94.7 Å². The summed E-state index contributed by atoms with van der Waals surface area (Å²) < 4.78 is 11.2. The van der Waals surface area contributed by atoms with Gasteiger partial charge in [0, 0.05) is 5.39 Å². The number of hydrazone groups is 1. The van der Waals surface area contributed by atoms with Crippen molar-refractivity contribution in [3.63, 3.8) is 0 Å². The molecule has 0 spiro atoms. The van der Waals surface area contributed by atoms with E-state index < -0.39 is 12.1 Å². The number of fused-ring (bicyclic) bond motifs is 1. The average Bonchev–Trinajstić information content (AvgIpc) is 3.36. The molecule has 32 heavy (non-hydrogen) atoms. The minimum atomic E-state index is -0.725. The molecule has 1 atom stereocenters. The summed E-state index contributed by atoms with van der Waals surface area (Å²) in [5.74, 6) is 0.314. The molecule has 0 aliphatic heterocycles. The normalized spacial score (nSPS) is 11.9. The Morgan fingerprint density at radius 1 is 0.969 bits per heavy atom. The fraction of sp³-hybridized carbons (Fsp3) is 0.0800. The molecule has 0 aliphatic rings. The third-order valence-corrected chi connectivity index (χ3v) is 5.47. The first-order chi connectivity index (χ1) is 15.6. The molecule has 0 aliphatic carbocycles. The van der Waals surface area contributed by atoms with Gasteiger partial charge in [0.25, 0.3) is 5.91 Å². The zero-order valence-electron chi connectivity index (χ0n) is 17.2. The van der Waals surface area contributed by atoms with Gasteiger partial charge >= 0.3 is 5.97 Å². The molecule has 4 rings (SSSR count). The van der Waals surface area contributed by atoms with Crippen molar-refractivity contribution in [2.24, 2.45) is 5.10 Å². The van der Waals surface area contributed by atoms with Gasteiger partial charge in [-0.05, 0) is 59.7 Å². The first-order valence-electron chi connectivity index (χ1n) is 9.93. The topological polar surface area (TPSA) is 77.0 Å². The maximum atomic E-state index is 12.4. The lowest BCUT2D eigenvalue weighted by atomic mass is 10.1. The number of nitrogens with zero attached hydrogens (tertiary/aromatic N) is 1. The van der Waals surface area contributed by atoms with Crippen LogP contribution in [-0.4, -0.2) is 24.2 Å². The number of benzene rings is 3. The highest BCUT2D eigenvalue weighted by Gasteiger charge is 2.15. The third-order valence-electron chi connectivity index (χ3n) is 4.62. The number of carbonyl (C=O) groups is 2. The lowest BCUT2D eigenvalue weighted by Crippen LogP contribution is -2.33. The van der Waals surface area contributed by atoms with Crippen LogP contribution in [0.1, 0.15) is 22.2 Å². The highest BCUT2D eigenvalue weighted by molar-refractivity contribution is 7.12. The van der Waals surface area contributed by atoms with E-state index in [-0.39, 0.29) is 5.91 Å². The molecule has 0 saturated heterocycles. The number of hydrogen-bond donors (Lipinski definition) is 1. The highest BCUT2D eigenvalue weighted by Crippen LogP contribution is 2.26. The third kappa shape index (κ3) is 5.19. The summed E-state index contributed by atoms with van der Waals surface area (Å²) in [6.45, 7) is 1.67. The molecule has 0 fully saturated rings. The molecule has 1 amide bonds. The van der Waals surface area contributed by atoms with Crippen LogP contribution in [0.2, 0.25) is 0 Å². The largest absolute Gasteiger partial charge is 0.480 e. The average molecular weight is 445 g/mol. The van der Waals surface area contributed by atoms with Gasteiger partial charge in [0.15, 0.2) is 6.10 Å². The lowest BCUT2D eigenvalue weighted by Gasteiger charge is -2.14. The first-order valence-corrected chi connectivity index (χ1v) is 10.8. The van der Waals surface area contributed by atoms with Gasteiger partial charge in [-0.25, -0.2) is 10.2 Å². The van der Waals surface area contributed by atoms with Crippen molar-refractivity contribution in [2.45, 2.75) is 13.0 Å². The minimum Gasteiger partial charge on any atom is -0.480 e. The maximum Gasteiger partial charge on any atom is 0.353 e. The summed E-state index contributed by atoms with van der Waals surface area (Å²) in [6, 6.07) is 23.9. The van der Waals surface area contributed by atoms with Crippen molar-refractivity contribution in [3.8, 4) is 11.5 Å². The Hall–Kier alpha value is -3.97. The van der Waals surface area contributed by atoms with Crippen molar-refractivity contribution < 1.29 is 19.1 Å². The number of ether oxygens (including phenoxy) is 2. The Balaban J connectivity index is 1.31. The summed E-state index contributed by atoms with van der Waals surface area (Å²) in [5.41, 5.74) is 3.23. The van der Waals surface area contributed by atoms with Crippen LogP contribution < -0.4 is 14.9 Å². The van der Waals surface area contributed by atoms with Gasteiger partial charge in [0.2, 0.25) is 0 Å². The van der Waals surface area contributed by atoms with Crippen molar-refractivity contribution in [1.82, 2.24) is 5.43 Å². The number of nitrogens with one attached hydrogen (secondary N) is 1. The van der Waals surface area contributed by atoms with Crippen LogP contribution in [0.15, 0.2) is 89.3 Å². The Labute approximate surface area is 189 Å². The second kappa shape index (κ2) is 9.89. The van der Waals surface area contributed by atoms with E-state index in [9.17, 15) is 9.59 Å². The predicted molar refractivity (Wildman–Crippen MR) is 125 cm³/mol. The van der Waals surface area contributed by atoms with Crippen LogP contribution in [0, 0.1) is 0 Å². The lowest BCUT2D eigenvalue weighted by molar-refractivity contribution is -0.127. The van der Waals surface area contributed by atoms with Gasteiger partial charge in [0.1, 0.15) is 16.4 Å². The Morgan fingerprint density at radius 3 is 2.53 bits per heavy atom. The Kier molecular flexibility index (Phi) is 6.57. The summed E-state index contributed by atoms with van der Waals surface area (Å²) in [4.78, 5) is 24.9. The van der Waals surface area contributed by atoms with E-state index in [1.807, 2.05) is 47.8 Å². The predicted octanol–water partition coefficient (Wildman–Crippen LogP) is 5.04. The van der Waals surface area contributed by atoms with E-state index in [1.165, 1.54) is 17.6 Å². The molecular weight excluding hydrogens is 424 g/mol. The number of rotatable bonds is 7. The van der Waals surface area contributed by atoms with Gasteiger partial charge in [-0.1, -0.05) is 42.5 Å². The SMILES string of the molecule is CC(Oc1cccc2ccccc12)C(=O)NN=Cc1ccc(OC(=O)c2cccs2)cc1. The number of thiophene rings is 1. The summed E-state index contributed by atoms with van der Waals surface area (Å²) in [6.07, 6.45) is 0.782. The van der Waals surface area contributed by atoms with Gasteiger partial charge in [0.05, 0.1) is 6.21 Å². The van der Waals surface area contributed by atoms with Crippen LogP contribution in [0.3, 0.4) is 0 Å².